The number of aromatic nitrogens is 1. The molecule has 0 spiro atoms. The molecule has 2 aromatic rings. The van der Waals surface area contributed by atoms with Crippen LogP contribution in [0.4, 0.5) is 18.9 Å². The van der Waals surface area contributed by atoms with E-state index in [-0.39, 0.29) is 0 Å². The van der Waals surface area contributed by atoms with E-state index in [1.165, 1.54) is 17.8 Å². The van der Waals surface area contributed by atoms with Crippen molar-refractivity contribution in [1.82, 2.24) is 4.98 Å². The summed E-state index contributed by atoms with van der Waals surface area (Å²) in [5.74, 6) is 0.555. The first-order valence-corrected chi connectivity index (χ1v) is 6.92. The molecular weight excluding hydrogens is 309 g/mol. The van der Waals surface area contributed by atoms with E-state index < -0.39 is 11.7 Å². The number of anilines is 1. The lowest BCUT2D eigenvalue weighted by Crippen LogP contribution is -2.05. The van der Waals surface area contributed by atoms with Crippen LogP contribution in [0.3, 0.4) is 0 Å². The summed E-state index contributed by atoms with van der Waals surface area (Å²) in [6.07, 6.45) is -3.53. The van der Waals surface area contributed by atoms with Gasteiger partial charge in [0.15, 0.2) is 0 Å². The van der Waals surface area contributed by atoms with Gasteiger partial charge in [-0.1, -0.05) is 17.7 Å². The van der Waals surface area contributed by atoms with E-state index in [1.807, 2.05) is 6.07 Å². The number of benzene rings is 1. The van der Waals surface area contributed by atoms with Crippen LogP contribution in [0.2, 0.25) is 5.02 Å². The summed E-state index contributed by atoms with van der Waals surface area (Å²) in [6, 6.07) is 7.61. The first kappa shape index (κ1) is 15.0. The van der Waals surface area contributed by atoms with Crippen LogP contribution in [0, 0.1) is 0 Å². The van der Waals surface area contributed by atoms with Crippen molar-refractivity contribution >= 4 is 29.1 Å². The average molecular weight is 319 g/mol. The molecule has 0 aliphatic carbocycles. The molecule has 0 bridgehead atoms. The van der Waals surface area contributed by atoms with Gasteiger partial charge in [0.25, 0.3) is 0 Å². The van der Waals surface area contributed by atoms with Crippen LogP contribution in [0.5, 0.6) is 0 Å². The molecule has 0 saturated carbocycles. The van der Waals surface area contributed by atoms with Crippen molar-refractivity contribution in [2.45, 2.75) is 17.0 Å². The summed E-state index contributed by atoms with van der Waals surface area (Å²) in [6.45, 7) is 0. The fourth-order valence-electron chi connectivity index (χ4n) is 1.47. The second kappa shape index (κ2) is 5.93. The van der Waals surface area contributed by atoms with Crippen LogP contribution in [-0.4, -0.2) is 4.98 Å². The molecule has 2 N–H and O–H groups in total. The molecule has 0 saturated heterocycles. The predicted molar refractivity (Wildman–Crippen MR) is 74.7 cm³/mol. The summed E-state index contributed by atoms with van der Waals surface area (Å²) in [5.41, 5.74) is 6.33. The number of thioether (sulfide) groups is 1. The lowest BCUT2D eigenvalue weighted by atomic mass is 10.2. The maximum absolute atomic E-state index is 12.4. The smallest absolute Gasteiger partial charge is 0.398 e. The molecule has 1 aromatic heterocycles. The monoisotopic (exact) mass is 318 g/mol. The number of halogens is 4. The Labute approximate surface area is 123 Å². The highest BCUT2D eigenvalue weighted by atomic mass is 35.5. The zero-order valence-corrected chi connectivity index (χ0v) is 11.7. The quantitative estimate of drug-likeness (QED) is 0.662. The molecule has 7 heteroatoms. The number of hydrogen-bond acceptors (Lipinski definition) is 3. The molecule has 1 aromatic carbocycles. The van der Waals surface area contributed by atoms with Gasteiger partial charge in [-0.3, -0.25) is 0 Å². The molecule has 0 radical (unpaired) electrons. The second-order valence-corrected chi connectivity index (χ2v) is 5.43. The SMILES string of the molecule is Nc1cc(CSc2ccc(C(F)(F)F)cn2)ccc1Cl. The van der Waals surface area contributed by atoms with E-state index in [0.29, 0.717) is 21.5 Å². The highest BCUT2D eigenvalue weighted by Crippen LogP contribution is 2.30. The summed E-state index contributed by atoms with van der Waals surface area (Å²) < 4.78 is 37.1. The number of alkyl halides is 3. The molecule has 0 fully saturated rings. The van der Waals surface area contributed by atoms with Crippen molar-refractivity contribution in [3.63, 3.8) is 0 Å². The number of hydrogen-bond donors (Lipinski definition) is 1. The van der Waals surface area contributed by atoms with Crippen molar-refractivity contribution in [1.29, 1.82) is 0 Å². The predicted octanol–water partition coefficient (Wildman–Crippen LogP) is 4.63. The van der Waals surface area contributed by atoms with Gasteiger partial charge < -0.3 is 5.73 Å². The normalized spacial score (nSPS) is 11.6. The summed E-state index contributed by atoms with van der Waals surface area (Å²) in [4.78, 5) is 3.79. The van der Waals surface area contributed by atoms with E-state index in [4.69, 9.17) is 17.3 Å². The van der Waals surface area contributed by atoms with Crippen molar-refractivity contribution in [2.75, 3.05) is 5.73 Å². The third kappa shape index (κ3) is 3.80. The Morgan fingerprint density at radius 2 is 1.95 bits per heavy atom. The number of rotatable bonds is 3. The van der Waals surface area contributed by atoms with E-state index in [1.54, 1.807) is 12.1 Å². The van der Waals surface area contributed by atoms with Gasteiger partial charge >= 0.3 is 6.18 Å². The molecule has 106 valence electrons. The number of pyridine rings is 1. The topological polar surface area (TPSA) is 38.9 Å². The zero-order valence-electron chi connectivity index (χ0n) is 10.1. The lowest BCUT2D eigenvalue weighted by Gasteiger charge is -2.07. The van der Waals surface area contributed by atoms with Gasteiger partial charge in [0.2, 0.25) is 0 Å². The maximum Gasteiger partial charge on any atom is 0.417 e. The number of nitrogen functional groups attached to an aromatic ring is 1. The largest absolute Gasteiger partial charge is 0.417 e. The van der Waals surface area contributed by atoms with Gasteiger partial charge in [-0.15, -0.1) is 11.8 Å². The van der Waals surface area contributed by atoms with E-state index in [2.05, 4.69) is 4.98 Å². The molecule has 2 rings (SSSR count). The zero-order chi connectivity index (χ0) is 14.8. The van der Waals surface area contributed by atoms with Crippen LogP contribution in [0.1, 0.15) is 11.1 Å². The minimum Gasteiger partial charge on any atom is -0.398 e. The van der Waals surface area contributed by atoms with Crippen LogP contribution < -0.4 is 5.73 Å². The number of nitrogens with two attached hydrogens (primary N) is 1. The second-order valence-electron chi connectivity index (χ2n) is 4.03. The van der Waals surface area contributed by atoms with Gasteiger partial charge in [-0.2, -0.15) is 13.2 Å². The van der Waals surface area contributed by atoms with Crippen LogP contribution in [0.25, 0.3) is 0 Å². The van der Waals surface area contributed by atoms with E-state index in [0.717, 1.165) is 17.8 Å². The molecule has 1 heterocycles. The summed E-state index contributed by atoms with van der Waals surface area (Å²) in [7, 11) is 0. The minimum absolute atomic E-state index is 0.477. The van der Waals surface area contributed by atoms with Gasteiger partial charge in [-0.25, -0.2) is 4.98 Å². The van der Waals surface area contributed by atoms with Crippen molar-refractivity contribution in [3.8, 4) is 0 Å². The van der Waals surface area contributed by atoms with E-state index >= 15 is 0 Å². The minimum atomic E-state index is -4.36. The van der Waals surface area contributed by atoms with Crippen molar-refractivity contribution in [2.24, 2.45) is 0 Å². The Morgan fingerprint density at radius 3 is 2.50 bits per heavy atom. The van der Waals surface area contributed by atoms with Gasteiger partial charge in [0.05, 0.1) is 21.3 Å². The fraction of sp³-hybridized carbons (Fsp3) is 0.154. The highest BCUT2D eigenvalue weighted by Gasteiger charge is 2.30. The third-order valence-electron chi connectivity index (χ3n) is 2.51. The Balaban J connectivity index is 2.02. The molecule has 2 nitrogen and oxygen atoms in total. The molecule has 0 aliphatic rings. The molecule has 20 heavy (non-hydrogen) atoms. The Bertz CT molecular complexity index is 600. The molecule has 0 amide bonds. The Hall–Kier alpha value is -1.40. The van der Waals surface area contributed by atoms with Crippen LogP contribution in [-0.2, 0) is 11.9 Å². The molecule has 0 aliphatic heterocycles. The standard InChI is InChI=1S/C13H10ClF3N2S/c14-10-3-1-8(5-11(10)18)7-20-12-4-2-9(6-19-12)13(15,16)17/h1-6H,7,18H2. The van der Waals surface area contributed by atoms with Crippen LogP contribution >= 0.6 is 23.4 Å². The van der Waals surface area contributed by atoms with Gasteiger partial charge in [-0.05, 0) is 29.8 Å². The third-order valence-corrected chi connectivity index (χ3v) is 3.87. The van der Waals surface area contributed by atoms with Crippen molar-refractivity contribution in [3.05, 3.63) is 52.7 Å². The molecular formula is C13H10ClF3N2S. The highest BCUT2D eigenvalue weighted by molar-refractivity contribution is 7.98. The molecule has 0 atom stereocenters. The van der Waals surface area contributed by atoms with E-state index in [9.17, 15) is 13.2 Å². The average Bonchev–Trinajstić information content (AvgIpc) is 2.40. The van der Waals surface area contributed by atoms with Gasteiger partial charge in [0.1, 0.15) is 0 Å². The Morgan fingerprint density at radius 1 is 1.20 bits per heavy atom. The Kier molecular flexibility index (Phi) is 4.45. The fourth-order valence-corrected chi connectivity index (χ4v) is 2.38. The summed E-state index contributed by atoms with van der Waals surface area (Å²) >= 11 is 7.14. The first-order chi connectivity index (χ1) is 9.36. The lowest BCUT2D eigenvalue weighted by molar-refractivity contribution is -0.137. The summed E-state index contributed by atoms with van der Waals surface area (Å²) in [5, 5.41) is 0.998. The molecule has 0 unspecified atom stereocenters. The van der Waals surface area contributed by atoms with Crippen LogP contribution in [0.15, 0.2) is 41.6 Å². The maximum atomic E-state index is 12.4. The van der Waals surface area contributed by atoms with Gasteiger partial charge in [0, 0.05) is 11.9 Å². The van der Waals surface area contributed by atoms with Crippen molar-refractivity contribution < 1.29 is 13.2 Å². The first-order valence-electron chi connectivity index (χ1n) is 5.56. The number of nitrogens with zero attached hydrogens (tertiary/aromatic N) is 1.